The summed E-state index contributed by atoms with van der Waals surface area (Å²) in [6.07, 6.45) is 4.18. The second kappa shape index (κ2) is 10.8. The number of nitrogens with zero attached hydrogens (tertiary/aromatic N) is 4. The molecular formula is C23H28FN5O4. The predicted molar refractivity (Wildman–Crippen MR) is 121 cm³/mol. The van der Waals surface area contributed by atoms with Crippen molar-refractivity contribution in [2.24, 2.45) is 0 Å². The molecule has 33 heavy (non-hydrogen) atoms. The average molecular weight is 458 g/mol. The summed E-state index contributed by atoms with van der Waals surface area (Å²) in [5.74, 6) is -0.824. The Morgan fingerprint density at radius 3 is 2.42 bits per heavy atom. The molecule has 1 aromatic carbocycles. The standard InChI is InChI=1S/C23H28FN5O4/c1-4-33-23(32)28-13-11-27(12-14-28)22(31)17(3)29-15-20(16(2)26-29)25-21(30)10-7-18-5-8-19(24)9-6-18/h5-10,15,17H,4,11-14H2,1-3H3,(H,25,30)/b10-7+. The highest BCUT2D eigenvalue weighted by atomic mass is 19.1. The second-order valence-electron chi connectivity index (χ2n) is 7.67. The second-order valence-corrected chi connectivity index (χ2v) is 7.67. The van der Waals surface area contributed by atoms with Gasteiger partial charge in [0.2, 0.25) is 11.8 Å². The van der Waals surface area contributed by atoms with Gasteiger partial charge in [-0.05, 0) is 44.5 Å². The molecule has 3 rings (SSSR count). The fourth-order valence-electron chi connectivity index (χ4n) is 3.42. The lowest BCUT2D eigenvalue weighted by Crippen LogP contribution is -2.52. The molecule has 9 nitrogen and oxygen atoms in total. The molecule has 0 spiro atoms. The third kappa shape index (κ3) is 6.18. The third-order valence-electron chi connectivity index (χ3n) is 5.34. The summed E-state index contributed by atoms with van der Waals surface area (Å²) in [6, 6.07) is 5.21. The number of ether oxygens (including phenoxy) is 1. The molecule has 176 valence electrons. The molecule has 1 fully saturated rings. The summed E-state index contributed by atoms with van der Waals surface area (Å²) < 4.78 is 19.5. The quantitative estimate of drug-likeness (QED) is 0.673. The molecule has 2 heterocycles. The van der Waals surface area contributed by atoms with Crippen molar-refractivity contribution in [2.75, 3.05) is 38.1 Å². The molecule has 0 radical (unpaired) electrons. The predicted octanol–water partition coefficient (Wildman–Crippen LogP) is 2.84. The summed E-state index contributed by atoms with van der Waals surface area (Å²) in [7, 11) is 0. The zero-order valence-corrected chi connectivity index (χ0v) is 19.0. The number of carbonyl (C=O) groups excluding carboxylic acids is 3. The molecule has 1 aliphatic heterocycles. The van der Waals surface area contributed by atoms with E-state index in [2.05, 4.69) is 10.4 Å². The van der Waals surface area contributed by atoms with Crippen LogP contribution >= 0.6 is 0 Å². The summed E-state index contributed by atoms with van der Waals surface area (Å²) in [4.78, 5) is 40.3. The van der Waals surface area contributed by atoms with E-state index in [0.29, 0.717) is 49.7 Å². The van der Waals surface area contributed by atoms with Gasteiger partial charge >= 0.3 is 6.09 Å². The number of piperazine rings is 1. The number of anilines is 1. The zero-order chi connectivity index (χ0) is 24.0. The van der Waals surface area contributed by atoms with Gasteiger partial charge in [0.1, 0.15) is 11.9 Å². The molecule has 1 aromatic heterocycles. The average Bonchev–Trinajstić information content (AvgIpc) is 3.18. The van der Waals surface area contributed by atoms with E-state index in [1.165, 1.54) is 22.9 Å². The summed E-state index contributed by atoms with van der Waals surface area (Å²) in [6.45, 7) is 7.21. The Labute approximate surface area is 191 Å². The Morgan fingerprint density at radius 2 is 1.79 bits per heavy atom. The molecule has 0 saturated carbocycles. The lowest BCUT2D eigenvalue weighted by molar-refractivity contribution is -0.136. The molecule has 1 unspecified atom stereocenters. The highest BCUT2D eigenvalue weighted by molar-refractivity contribution is 6.02. The van der Waals surface area contributed by atoms with Crippen molar-refractivity contribution in [3.05, 3.63) is 53.6 Å². The fourth-order valence-corrected chi connectivity index (χ4v) is 3.42. The number of carbonyl (C=O) groups is 3. The topological polar surface area (TPSA) is 96.8 Å². The first-order valence-electron chi connectivity index (χ1n) is 10.8. The third-order valence-corrected chi connectivity index (χ3v) is 5.34. The summed E-state index contributed by atoms with van der Waals surface area (Å²) in [5, 5.41) is 7.13. The molecule has 1 N–H and O–H groups in total. The van der Waals surface area contributed by atoms with Crippen LogP contribution in [0, 0.1) is 12.7 Å². The smallest absolute Gasteiger partial charge is 0.409 e. The van der Waals surface area contributed by atoms with E-state index in [4.69, 9.17) is 4.74 Å². The van der Waals surface area contributed by atoms with Crippen LogP contribution in [0.1, 0.15) is 31.1 Å². The molecule has 0 aliphatic carbocycles. The Balaban J connectivity index is 1.57. The first kappa shape index (κ1) is 24.0. The zero-order valence-electron chi connectivity index (χ0n) is 19.0. The largest absolute Gasteiger partial charge is 0.450 e. The number of aryl methyl sites for hydroxylation is 1. The van der Waals surface area contributed by atoms with Crippen molar-refractivity contribution in [3.63, 3.8) is 0 Å². The molecule has 1 atom stereocenters. The number of rotatable bonds is 6. The van der Waals surface area contributed by atoms with Gasteiger partial charge in [-0.15, -0.1) is 0 Å². The van der Waals surface area contributed by atoms with Gasteiger partial charge in [-0.2, -0.15) is 5.10 Å². The Kier molecular flexibility index (Phi) is 7.81. The molecule has 1 saturated heterocycles. The fraction of sp³-hybridized carbons (Fsp3) is 0.391. The first-order chi connectivity index (χ1) is 15.8. The van der Waals surface area contributed by atoms with Crippen molar-refractivity contribution in [3.8, 4) is 0 Å². The van der Waals surface area contributed by atoms with Gasteiger partial charge in [0.25, 0.3) is 0 Å². The van der Waals surface area contributed by atoms with E-state index in [1.807, 2.05) is 0 Å². The SMILES string of the molecule is CCOC(=O)N1CCN(C(=O)C(C)n2cc(NC(=O)/C=C/c3ccc(F)cc3)c(C)n2)CC1. The number of hydrogen-bond donors (Lipinski definition) is 1. The number of aromatic nitrogens is 2. The summed E-state index contributed by atoms with van der Waals surface area (Å²) in [5.41, 5.74) is 1.77. The lowest BCUT2D eigenvalue weighted by atomic mass is 10.2. The van der Waals surface area contributed by atoms with Gasteiger partial charge in [0.15, 0.2) is 0 Å². The number of benzene rings is 1. The lowest BCUT2D eigenvalue weighted by Gasteiger charge is -2.35. The van der Waals surface area contributed by atoms with Gasteiger partial charge in [0, 0.05) is 38.5 Å². The van der Waals surface area contributed by atoms with E-state index in [1.54, 1.807) is 55.0 Å². The van der Waals surface area contributed by atoms with Crippen molar-refractivity contribution in [2.45, 2.75) is 26.8 Å². The van der Waals surface area contributed by atoms with E-state index in [0.717, 1.165) is 0 Å². The molecule has 3 amide bonds. The van der Waals surface area contributed by atoms with Gasteiger partial charge in [-0.1, -0.05) is 12.1 Å². The first-order valence-corrected chi connectivity index (χ1v) is 10.8. The normalized spacial score (nSPS) is 14.9. The Hall–Kier alpha value is -3.69. The van der Waals surface area contributed by atoms with Crippen LogP contribution < -0.4 is 5.32 Å². The van der Waals surface area contributed by atoms with E-state index >= 15 is 0 Å². The Bertz CT molecular complexity index is 1030. The van der Waals surface area contributed by atoms with Crippen LogP contribution in [-0.4, -0.2) is 70.3 Å². The maximum Gasteiger partial charge on any atom is 0.409 e. The maximum absolute atomic E-state index is 13.0. The minimum atomic E-state index is -0.571. The number of halogens is 1. The van der Waals surface area contributed by atoms with Gasteiger partial charge in [0.05, 0.1) is 18.0 Å². The highest BCUT2D eigenvalue weighted by Crippen LogP contribution is 2.19. The molecule has 10 heteroatoms. The van der Waals surface area contributed by atoms with Gasteiger partial charge in [-0.3, -0.25) is 14.3 Å². The Morgan fingerprint density at radius 1 is 1.15 bits per heavy atom. The van der Waals surface area contributed by atoms with Crippen LogP contribution in [-0.2, 0) is 14.3 Å². The van der Waals surface area contributed by atoms with E-state index in [9.17, 15) is 18.8 Å². The minimum Gasteiger partial charge on any atom is -0.450 e. The molecule has 0 bridgehead atoms. The van der Waals surface area contributed by atoms with Crippen LogP contribution in [0.3, 0.4) is 0 Å². The molecule has 1 aliphatic rings. The van der Waals surface area contributed by atoms with E-state index in [-0.39, 0.29) is 23.7 Å². The van der Waals surface area contributed by atoms with Gasteiger partial charge < -0.3 is 19.9 Å². The van der Waals surface area contributed by atoms with Crippen LogP contribution in [0.2, 0.25) is 0 Å². The summed E-state index contributed by atoms with van der Waals surface area (Å²) >= 11 is 0. The number of amides is 3. The number of hydrogen-bond acceptors (Lipinski definition) is 5. The van der Waals surface area contributed by atoms with Crippen LogP contribution in [0.15, 0.2) is 36.5 Å². The number of nitrogens with one attached hydrogen (secondary N) is 1. The monoisotopic (exact) mass is 457 g/mol. The van der Waals surface area contributed by atoms with Crippen LogP contribution in [0.4, 0.5) is 14.9 Å². The highest BCUT2D eigenvalue weighted by Gasteiger charge is 2.28. The van der Waals surface area contributed by atoms with Crippen molar-refractivity contribution < 1.29 is 23.5 Å². The van der Waals surface area contributed by atoms with Crippen LogP contribution in [0.25, 0.3) is 6.08 Å². The van der Waals surface area contributed by atoms with E-state index < -0.39 is 6.04 Å². The van der Waals surface area contributed by atoms with Crippen molar-refractivity contribution in [1.29, 1.82) is 0 Å². The minimum absolute atomic E-state index is 0.116. The van der Waals surface area contributed by atoms with Crippen molar-refractivity contribution in [1.82, 2.24) is 19.6 Å². The maximum atomic E-state index is 13.0. The van der Waals surface area contributed by atoms with Gasteiger partial charge in [-0.25, -0.2) is 9.18 Å². The molecular weight excluding hydrogens is 429 g/mol. The van der Waals surface area contributed by atoms with Crippen LogP contribution in [0.5, 0.6) is 0 Å². The molecule has 2 aromatic rings. The van der Waals surface area contributed by atoms with Crippen molar-refractivity contribution >= 4 is 29.7 Å².